The van der Waals surface area contributed by atoms with Crippen molar-refractivity contribution in [1.82, 2.24) is 4.90 Å². The lowest BCUT2D eigenvalue weighted by Gasteiger charge is -2.31. The summed E-state index contributed by atoms with van der Waals surface area (Å²) in [7, 11) is 0. The molecular formula is C20H22N2O5. The van der Waals surface area contributed by atoms with Gasteiger partial charge >= 0.3 is 6.09 Å². The Kier molecular flexibility index (Phi) is 6.25. The van der Waals surface area contributed by atoms with E-state index in [9.17, 15) is 14.9 Å². The zero-order valence-electron chi connectivity index (χ0n) is 15.0. The van der Waals surface area contributed by atoms with Gasteiger partial charge in [-0.2, -0.15) is 0 Å². The lowest BCUT2D eigenvalue weighted by atomic mass is 9.98. The first-order chi connectivity index (χ1) is 13.1. The summed E-state index contributed by atoms with van der Waals surface area (Å²) in [6.45, 7) is 2.09. The Labute approximate surface area is 157 Å². The molecule has 1 saturated heterocycles. The summed E-state index contributed by atoms with van der Waals surface area (Å²) in [6.07, 6.45) is 1.40. The zero-order chi connectivity index (χ0) is 19.1. The quantitative estimate of drug-likeness (QED) is 0.566. The smallest absolute Gasteiger partial charge is 0.410 e. The highest BCUT2D eigenvalue weighted by Crippen LogP contribution is 2.22. The number of ether oxygens (including phenoxy) is 2. The number of carbonyl (C=O) groups is 1. The van der Waals surface area contributed by atoms with Gasteiger partial charge in [-0.25, -0.2) is 4.79 Å². The Morgan fingerprint density at radius 3 is 2.37 bits per heavy atom. The molecule has 0 aromatic heterocycles. The van der Waals surface area contributed by atoms with E-state index in [4.69, 9.17) is 9.47 Å². The fourth-order valence-electron chi connectivity index (χ4n) is 2.97. The summed E-state index contributed by atoms with van der Waals surface area (Å²) < 4.78 is 11.1. The summed E-state index contributed by atoms with van der Waals surface area (Å²) in [6, 6.07) is 15.7. The van der Waals surface area contributed by atoms with Gasteiger partial charge in [-0.15, -0.1) is 0 Å². The first kappa shape index (κ1) is 18.7. The molecule has 0 N–H and O–H groups in total. The van der Waals surface area contributed by atoms with E-state index < -0.39 is 4.92 Å². The van der Waals surface area contributed by atoms with Crippen LogP contribution in [-0.2, 0) is 11.3 Å². The van der Waals surface area contributed by atoms with Crippen LogP contribution in [0.5, 0.6) is 5.75 Å². The van der Waals surface area contributed by atoms with Gasteiger partial charge in [0.2, 0.25) is 0 Å². The predicted molar refractivity (Wildman–Crippen MR) is 99.5 cm³/mol. The second kappa shape index (κ2) is 9.02. The Bertz CT molecular complexity index is 756. The number of likely N-dealkylation sites (tertiary alicyclic amines) is 1. The maximum Gasteiger partial charge on any atom is 0.410 e. The van der Waals surface area contributed by atoms with Gasteiger partial charge in [-0.3, -0.25) is 10.1 Å². The van der Waals surface area contributed by atoms with Crippen molar-refractivity contribution in [3.05, 3.63) is 70.3 Å². The van der Waals surface area contributed by atoms with Crippen LogP contribution < -0.4 is 4.74 Å². The molecule has 1 aliphatic heterocycles. The molecule has 1 aliphatic rings. The molecule has 3 rings (SSSR count). The first-order valence-corrected chi connectivity index (χ1v) is 8.94. The second-order valence-corrected chi connectivity index (χ2v) is 6.53. The second-order valence-electron chi connectivity index (χ2n) is 6.53. The third-order valence-corrected chi connectivity index (χ3v) is 4.61. The number of nitrogens with zero attached hydrogens (tertiary/aromatic N) is 2. The number of rotatable bonds is 6. The molecule has 0 bridgehead atoms. The summed E-state index contributed by atoms with van der Waals surface area (Å²) in [4.78, 5) is 24.1. The van der Waals surface area contributed by atoms with Gasteiger partial charge in [0.15, 0.2) is 0 Å². The van der Waals surface area contributed by atoms with Gasteiger partial charge in [-0.1, -0.05) is 30.3 Å². The summed E-state index contributed by atoms with van der Waals surface area (Å²) in [5.74, 6) is 0.962. The van der Waals surface area contributed by atoms with E-state index in [0.29, 0.717) is 31.4 Å². The Hall–Kier alpha value is -3.09. The van der Waals surface area contributed by atoms with E-state index in [1.165, 1.54) is 12.1 Å². The number of nitro groups is 1. The van der Waals surface area contributed by atoms with Crippen LogP contribution in [0.3, 0.4) is 0 Å². The molecule has 1 amide bonds. The monoisotopic (exact) mass is 370 g/mol. The van der Waals surface area contributed by atoms with Gasteiger partial charge < -0.3 is 14.4 Å². The average Bonchev–Trinajstić information content (AvgIpc) is 2.72. The van der Waals surface area contributed by atoms with Gasteiger partial charge in [-0.05, 0) is 36.5 Å². The van der Waals surface area contributed by atoms with Crippen molar-refractivity contribution in [1.29, 1.82) is 0 Å². The van der Waals surface area contributed by atoms with Crippen LogP contribution in [0.1, 0.15) is 18.4 Å². The minimum Gasteiger partial charge on any atom is -0.493 e. The number of amides is 1. The number of hydrogen-bond donors (Lipinski definition) is 0. The summed E-state index contributed by atoms with van der Waals surface area (Å²) in [5, 5.41) is 10.7. The molecule has 7 nitrogen and oxygen atoms in total. The van der Waals surface area contributed by atoms with Crippen LogP contribution >= 0.6 is 0 Å². The number of non-ortho nitro benzene ring substituents is 1. The van der Waals surface area contributed by atoms with E-state index in [1.54, 1.807) is 17.0 Å². The van der Waals surface area contributed by atoms with Crippen molar-refractivity contribution in [3.63, 3.8) is 0 Å². The SMILES string of the molecule is O=C(OCc1ccccc1)N1CCC(COc2ccc([N+](=O)[O-])cc2)CC1. The van der Waals surface area contributed by atoms with Crippen molar-refractivity contribution in [3.8, 4) is 5.75 Å². The third-order valence-electron chi connectivity index (χ3n) is 4.61. The molecule has 2 aromatic rings. The molecule has 2 aromatic carbocycles. The van der Waals surface area contributed by atoms with E-state index in [2.05, 4.69) is 0 Å². The van der Waals surface area contributed by atoms with Gasteiger partial charge in [0.05, 0.1) is 11.5 Å². The van der Waals surface area contributed by atoms with Gasteiger partial charge in [0, 0.05) is 25.2 Å². The van der Waals surface area contributed by atoms with E-state index in [1.807, 2.05) is 30.3 Å². The molecular weight excluding hydrogens is 348 g/mol. The Morgan fingerprint density at radius 1 is 1.07 bits per heavy atom. The Balaban J connectivity index is 1.38. The normalized spacial score (nSPS) is 14.6. The summed E-state index contributed by atoms with van der Waals surface area (Å²) >= 11 is 0. The van der Waals surface area contributed by atoms with Crippen molar-refractivity contribution in [2.24, 2.45) is 5.92 Å². The molecule has 0 atom stereocenters. The number of benzene rings is 2. The van der Waals surface area contributed by atoms with E-state index in [-0.39, 0.29) is 18.4 Å². The lowest BCUT2D eigenvalue weighted by Crippen LogP contribution is -2.39. The van der Waals surface area contributed by atoms with Crippen molar-refractivity contribution < 1.29 is 19.2 Å². The molecule has 0 radical (unpaired) electrons. The van der Waals surface area contributed by atoms with Crippen molar-refractivity contribution in [2.75, 3.05) is 19.7 Å². The first-order valence-electron chi connectivity index (χ1n) is 8.94. The third kappa shape index (κ3) is 5.44. The van der Waals surface area contributed by atoms with E-state index in [0.717, 1.165) is 18.4 Å². The molecule has 142 valence electrons. The van der Waals surface area contributed by atoms with Crippen molar-refractivity contribution in [2.45, 2.75) is 19.4 Å². The average molecular weight is 370 g/mol. The molecule has 0 spiro atoms. The zero-order valence-corrected chi connectivity index (χ0v) is 15.0. The van der Waals surface area contributed by atoms with Crippen LogP contribution in [0.15, 0.2) is 54.6 Å². The number of hydrogen-bond acceptors (Lipinski definition) is 5. The highest BCUT2D eigenvalue weighted by molar-refractivity contribution is 5.67. The molecule has 1 heterocycles. The highest BCUT2D eigenvalue weighted by Gasteiger charge is 2.24. The van der Waals surface area contributed by atoms with Crippen LogP contribution in [0.4, 0.5) is 10.5 Å². The number of piperidine rings is 1. The van der Waals surface area contributed by atoms with E-state index >= 15 is 0 Å². The topological polar surface area (TPSA) is 81.9 Å². The fourth-order valence-corrected chi connectivity index (χ4v) is 2.97. The molecule has 1 fully saturated rings. The number of carbonyl (C=O) groups excluding carboxylic acids is 1. The van der Waals surface area contributed by atoms with Crippen LogP contribution in [0.2, 0.25) is 0 Å². The molecule has 7 heteroatoms. The molecule has 27 heavy (non-hydrogen) atoms. The van der Waals surface area contributed by atoms with Gasteiger partial charge in [0.1, 0.15) is 12.4 Å². The Morgan fingerprint density at radius 2 is 1.74 bits per heavy atom. The standard InChI is InChI=1S/C20H22N2O5/c23-20(27-15-16-4-2-1-3-5-16)21-12-10-17(11-13-21)14-26-19-8-6-18(7-9-19)22(24)25/h1-9,17H,10-15H2. The minimum atomic E-state index is -0.434. The fraction of sp³-hybridized carbons (Fsp3) is 0.350. The molecule has 0 aliphatic carbocycles. The number of nitro benzene ring substituents is 1. The van der Waals surface area contributed by atoms with Gasteiger partial charge in [0.25, 0.3) is 5.69 Å². The largest absolute Gasteiger partial charge is 0.493 e. The van der Waals surface area contributed by atoms with Crippen LogP contribution in [0, 0.1) is 16.0 Å². The maximum atomic E-state index is 12.2. The molecule has 0 unspecified atom stereocenters. The lowest BCUT2D eigenvalue weighted by molar-refractivity contribution is -0.384. The summed E-state index contributed by atoms with van der Waals surface area (Å²) in [5.41, 5.74) is 1.02. The predicted octanol–water partition coefficient (Wildman–Crippen LogP) is 4.02. The van der Waals surface area contributed by atoms with Crippen LogP contribution in [-0.4, -0.2) is 35.6 Å². The minimum absolute atomic E-state index is 0.0460. The maximum absolute atomic E-state index is 12.2. The van der Waals surface area contributed by atoms with Crippen LogP contribution in [0.25, 0.3) is 0 Å². The molecule has 0 saturated carbocycles. The van der Waals surface area contributed by atoms with Crippen molar-refractivity contribution >= 4 is 11.8 Å². The highest BCUT2D eigenvalue weighted by atomic mass is 16.6.